The second kappa shape index (κ2) is 7.31. The molecule has 2 amide bonds. The topological polar surface area (TPSA) is 53.5 Å². The van der Waals surface area contributed by atoms with Crippen LogP contribution in [0.25, 0.3) is 0 Å². The first-order valence-electron chi connectivity index (χ1n) is 5.86. The predicted octanol–water partition coefficient (Wildman–Crippen LogP) is 4.80. The second-order valence-electron chi connectivity index (χ2n) is 3.95. The zero-order chi connectivity index (χ0) is 15.2. The lowest BCUT2D eigenvalue weighted by Crippen LogP contribution is -2.24. The first-order chi connectivity index (χ1) is 10.1. The fourth-order valence-corrected chi connectivity index (χ4v) is 2.13. The van der Waals surface area contributed by atoms with Crippen LogP contribution in [0.5, 0.6) is 0 Å². The van der Waals surface area contributed by atoms with Crippen molar-refractivity contribution >= 4 is 52.7 Å². The minimum atomic E-state index is -0.480. The highest BCUT2D eigenvalue weighted by molar-refractivity contribution is 6.45. The predicted molar refractivity (Wildman–Crippen MR) is 87.7 cm³/mol. The highest BCUT2D eigenvalue weighted by atomic mass is 35.5. The number of hydrogen-bond donors (Lipinski definition) is 2. The van der Waals surface area contributed by atoms with E-state index in [0.29, 0.717) is 21.3 Å². The van der Waals surface area contributed by atoms with Gasteiger partial charge in [0, 0.05) is 11.3 Å². The Balaban J connectivity index is 2.00. The number of urea groups is 1. The van der Waals surface area contributed by atoms with Crippen LogP contribution in [-0.2, 0) is 0 Å². The molecule has 2 aromatic carbocycles. The normalized spacial score (nSPS) is 10.6. The van der Waals surface area contributed by atoms with Gasteiger partial charge in [-0.1, -0.05) is 53.0 Å². The van der Waals surface area contributed by atoms with Gasteiger partial charge < -0.3 is 5.32 Å². The Hall–Kier alpha value is -1.75. The fourth-order valence-electron chi connectivity index (χ4n) is 1.50. The molecule has 0 bridgehead atoms. The molecule has 2 rings (SSSR count). The number of para-hydroxylation sites is 1. The average Bonchev–Trinajstić information content (AvgIpc) is 2.48. The van der Waals surface area contributed by atoms with E-state index in [4.69, 9.17) is 34.8 Å². The van der Waals surface area contributed by atoms with E-state index in [1.54, 1.807) is 24.3 Å². The molecule has 108 valence electrons. The van der Waals surface area contributed by atoms with E-state index in [2.05, 4.69) is 15.8 Å². The summed E-state index contributed by atoms with van der Waals surface area (Å²) in [5.41, 5.74) is 3.41. The number of anilines is 1. The molecule has 4 nitrogen and oxygen atoms in total. The second-order valence-corrected chi connectivity index (χ2v) is 5.14. The molecule has 0 fully saturated rings. The first kappa shape index (κ1) is 15.6. The van der Waals surface area contributed by atoms with Gasteiger partial charge in [-0.3, -0.25) is 0 Å². The summed E-state index contributed by atoms with van der Waals surface area (Å²) in [5.74, 6) is 0. The van der Waals surface area contributed by atoms with E-state index in [-0.39, 0.29) is 5.02 Å². The molecule has 0 aliphatic rings. The Morgan fingerprint density at radius 3 is 2.38 bits per heavy atom. The summed E-state index contributed by atoms with van der Waals surface area (Å²) < 4.78 is 0. The van der Waals surface area contributed by atoms with Crippen LogP contribution in [0.15, 0.2) is 47.6 Å². The molecule has 0 heterocycles. The van der Waals surface area contributed by atoms with Crippen molar-refractivity contribution in [3.8, 4) is 0 Å². The van der Waals surface area contributed by atoms with Gasteiger partial charge in [0.05, 0.1) is 21.3 Å². The zero-order valence-corrected chi connectivity index (χ0v) is 12.9. The molecule has 0 saturated heterocycles. The van der Waals surface area contributed by atoms with E-state index in [0.717, 1.165) is 0 Å². The number of amides is 2. The number of nitrogens with zero attached hydrogens (tertiary/aromatic N) is 1. The Kier molecular flexibility index (Phi) is 5.44. The average molecular weight is 343 g/mol. The van der Waals surface area contributed by atoms with Crippen LogP contribution in [0.1, 0.15) is 5.56 Å². The molecule has 2 N–H and O–H groups in total. The minimum absolute atomic E-state index is 0.276. The molecule has 21 heavy (non-hydrogen) atoms. The SMILES string of the molecule is O=C(N/N=C/c1c(Cl)ccc(Cl)c1Cl)Nc1ccccc1. The number of hydrazone groups is 1. The molecule has 7 heteroatoms. The number of hydrogen-bond acceptors (Lipinski definition) is 2. The van der Waals surface area contributed by atoms with Gasteiger partial charge in [-0.05, 0) is 24.3 Å². The van der Waals surface area contributed by atoms with E-state index in [1.165, 1.54) is 6.21 Å². The minimum Gasteiger partial charge on any atom is -0.307 e. The maximum atomic E-state index is 11.6. The van der Waals surface area contributed by atoms with Crippen molar-refractivity contribution in [1.82, 2.24) is 5.43 Å². The van der Waals surface area contributed by atoms with Crippen LogP contribution in [0, 0.1) is 0 Å². The van der Waals surface area contributed by atoms with Gasteiger partial charge in [0.2, 0.25) is 0 Å². The third-order valence-electron chi connectivity index (χ3n) is 2.47. The molecule has 0 unspecified atom stereocenters. The quantitative estimate of drug-likeness (QED) is 0.470. The summed E-state index contributed by atoms with van der Waals surface area (Å²) >= 11 is 17.9. The number of rotatable bonds is 3. The summed E-state index contributed by atoms with van der Waals surface area (Å²) in [6.07, 6.45) is 1.33. The zero-order valence-electron chi connectivity index (χ0n) is 10.6. The molecule has 0 aliphatic heterocycles. The van der Waals surface area contributed by atoms with Crippen LogP contribution in [0.3, 0.4) is 0 Å². The van der Waals surface area contributed by atoms with Gasteiger partial charge in [0.25, 0.3) is 0 Å². The van der Waals surface area contributed by atoms with Gasteiger partial charge in [-0.25, -0.2) is 10.2 Å². The van der Waals surface area contributed by atoms with E-state index >= 15 is 0 Å². The van der Waals surface area contributed by atoms with Gasteiger partial charge in [0.15, 0.2) is 0 Å². The molecule has 2 aromatic rings. The third-order valence-corrected chi connectivity index (χ3v) is 3.62. The Morgan fingerprint density at radius 1 is 1.00 bits per heavy atom. The van der Waals surface area contributed by atoms with Crippen molar-refractivity contribution in [2.45, 2.75) is 0 Å². The Morgan fingerprint density at radius 2 is 1.67 bits per heavy atom. The van der Waals surface area contributed by atoms with Crippen molar-refractivity contribution in [1.29, 1.82) is 0 Å². The molecule has 0 aromatic heterocycles. The Labute approximate surface area is 136 Å². The molecule has 0 aliphatic carbocycles. The van der Waals surface area contributed by atoms with Crippen molar-refractivity contribution in [3.63, 3.8) is 0 Å². The third kappa shape index (κ3) is 4.36. The lowest BCUT2D eigenvalue weighted by atomic mass is 10.2. The summed E-state index contributed by atoms with van der Waals surface area (Å²) in [6.45, 7) is 0. The maximum Gasteiger partial charge on any atom is 0.339 e. The maximum absolute atomic E-state index is 11.6. The first-order valence-corrected chi connectivity index (χ1v) is 7.00. The molecular weight excluding hydrogens is 333 g/mol. The largest absolute Gasteiger partial charge is 0.339 e. The number of carbonyl (C=O) groups is 1. The highest BCUT2D eigenvalue weighted by Gasteiger charge is 2.07. The van der Waals surface area contributed by atoms with Gasteiger partial charge in [-0.2, -0.15) is 5.10 Å². The smallest absolute Gasteiger partial charge is 0.307 e. The standard InChI is InChI=1S/C14H10Cl3N3O/c15-11-6-7-12(16)13(17)10(11)8-18-20-14(21)19-9-4-2-1-3-5-9/h1-8H,(H2,19,20,21)/b18-8+. The molecular formula is C14H10Cl3N3O. The van der Waals surface area contributed by atoms with E-state index < -0.39 is 6.03 Å². The number of halogens is 3. The molecule has 0 atom stereocenters. The summed E-state index contributed by atoms with van der Waals surface area (Å²) in [5, 5.41) is 7.42. The number of nitrogens with one attached hydrogen (secondary N) is 2. The van der Waals surface area contributed by atoms with Crippen LogP contribution < -0.4 is 10.7 Å². The summed E-state index contributed by atoms with van der Waals surface area (Å²) in [6, 6.07) is 11.7. The number of carbonyl (C=O) groups excluding carboxylic acids is 1. The lowest BCUT2D eigenvalue weighted by molar-refractivity contribution is 0.252. The number of benzene rings is 2. The van der Waals surface area contributed by atoms with Crippen molar-refractivity contribution in [3.05, 3.63) is 63.1 Å². The molecule has 0 saturated carbocycles. The molecule has 0 radical (unpaired) electrons. The fraction of sp³-hybridized carbons (Fsp3) is 0. The van der Waals surface area contributed by atoms with Gasteiger partial charge in [-0.15, -0.1) is 0 Å². The van der Waals surface area contributed by atoms with E-state index in [1.807, 2.05) is 18.2 Å². The van der Waals surface area contributed by atoms with Crippen molar-refractivity contribution < 1.29 is 4.79 Å². The highest BCUT2D eigenvalue weighted by Crippen LogP contribution is 2.29. The van der Waals surface area contributed by atoms with Crippen LogP contribution in [0.2, 0.25) is 15.1 Å². The van der Waals surface area contributed by atoms with Gasteiger partial charge >= 0.3 is 6.03 Å². The van der Waals surface area contributed by atoms with Crippen molar-refractivity contribution in [2.75, 3.05) is 5.32 Å². The monoisotopic (exact) mass is 341 g/mol. The van der Waals surface area contributed by atoms with Crippen LogP contribution in [-0.4, -0.2) is 12.2 Å². The van der Waals surface area contributed by atoms with Crippen molar-refractivity contribution in [2.24, 2.45) is 5.10 Å². The van der Waals surface area contributed by atoms with Crippen LogP contribution in [0.4, 0.5) is 10.5 Å². The Bertz CT molecular complexity index is 675. The van der Waals surface area contributed by atoms with E-state index in [9.17, 15) is 4.79 Å². The van der Waals surface area contributed by atoms with Crippen LogP contribution >= 0.6 is 34.8 Å². The lowest BCUT2D eigenvalue weighted by Gasteiger charge is -2.05. The summed E-state index contributed by atoms with van der Waals surface area (Å²) in [4.78, 5) is 11.6. The summed E-state index contributed by atoms with van der Waals surface area (Å²) in [7, 11) is 0. The van der Waals surface area contributed by atoms with Gasteiger partial charge in [0.1, 0.15) is 0 Å². The molecule has 0 spiro atoms.